The van der Waals surface area contributed by atoms with Crippen molar-refractivity contribution in [3.05, 3.63) is 41.1 Å². The van der Waals surface area contributed by atoms with E-state index in [1.165, 1.54) is 0 Å². The van der Waals surface area contributed by atoms with Gasteiger partial charge in [-0.15, -0.1) is 0 Å². The zero-order valence-electron chi connectivity index (χ0n) is 17.2. The standard InChI is InChI=1S/C23H27N3O3/c1-15(2)23(3,14-24)26-20(27)13-29-22(28)21-16-9-5-4-6-11-18(16)25-19-12-8-7-10-17(19)21/h7-8,10,12,15H,4-6,9,11,13H2,1-3H3,(H,26,27)/t23-/m0/s1. The lowest BCUT2D eigenvalue weighted by molar-refractivity contribution is -0.125. The quantitative estimate of drug-likeness (QED) is 0.617. The summed E-state index contributed by atoms with van der Waals surface area (Å²) >= 11 is 0. The van der Waals surface area contributed by atoms with Crippen molar-refractivity contribution in [2.75, 3.05) is 6.61 Å². The molecular formula is C23H27N3O3. The van der Waals surface area contributed by atoms with Crippen molar-refractivity contribution in [3.8, 4) is 6.07 Å². The van der Waals surface area contributed by atoms with Crippen molar-refractivity contribution < 1.29 is 14.3 Å². The molecule has 0 aliphatic heterocycles. The number of carbonyl (C=O) groups is 2. The highest BCUT2D eigenvalue weighted by atomic mass is 16.5. The van der Waals surface area contributed by atoms with Crippen LogP contribution in [0.2, 0.25) is 0 Å². The molecule has 0 saturated carbocycles. The van der Waals surface area contributed by atoms with Crippen molar-refractivity contribution in [2.45, 2.75) is 58.4 Å². The Morgan fingerprint density at radius 2 is 1.97 bits per heavy atom. The number of para-hydroxylation sites is 1. The third kappa shape index (κ3) is 4.40. The van der Waals surface area contributed by atoms with E-state index >= 15 is 0 Å². The largest absolute Gasteiger partial charge is 0.452 e. The van der Waals surface area contributed by atoms with E-state index in [0.29, 0.717) is 5.56 Å². The number of hydrogen-bond donors (Lipinski definition) is 1. The predicted octanol–water partition coefficient (Wildman–Crippen LogP) is 3.71. The van der Waals surface area contributed by atoms with E-state index < -0.39 is 24.0 Å². The number of benzene rings is 1. The van der Waals surface area contributed by atoms with E-state index in [0.717, 1.165) is 54.3 Å². The molecule has 0 bridgehead atoms. The van der Waals surface area contributed by atoms with Gasteiger partial charge in [-0.25, -0.2) is 4.79 Å². The Morgan fingerprint density at radius 3 is 2.69 bits per heavy atom. The fourth-order valence-corrected chi connectivity index (χ4v) is 3.61. The van der Waals surface area contributed by atoms with E-state index in [4.69, 9.17) is 9.72 Å². The molecule has 1 amide bonds. The topological polar surface area (TPSA) is 92.1 Å². The lowest BCUT2D eigenvalue weighted by Gasteiger charge is -2.27. The average Bonchev–Trinajstić information content (AvgIpc) is 2.95. The summed E-state index contributed by atoms with van der Waals surface area (Å²) in [5.41, 5.74) is 2.17. The molecule has 0 fully saturated rings. The monoisotopic (exact) mass is 393 g/mol. The summed E-state index contributed by atoms with van der Waals surface area (Å²) in [7, 11) is 0. The molecule has 2 aromatic rings. The van der Waals surface area contributed by atoms with Gasteiger partial charge in [-0.2, -0.15) is 5.26 Å². The molecule has 1 aromatic heterocycles. The molecule has 152 valence electrons. The Bertz CT molecular complexity index is 977. The minimum absolute atomic E-state index is 0.0768. The zero-order valence-corrected chi connectivity index (χ0v) is 17.2. The van der Waals surface area contributed by atoms with Crippen molar-refractivity contribution in [1.29, 1.82) is 5.26 Å². The van der Waals surface area contributed by atoms with Crippen LogP contribution in [-0.2, 0) is 22.4 Å². The first kappa shape index (κ1) is 20.8. The van der Waals surface area contributed by atoms with Gasteiger partial charge < -0.3 is 10.1 Å². The number of nitrogens with one attached hydrogen (secondary N) is 1. The van der Waals surface area contributed by atoms with Gasteiger partial charge in [0.25, 0.3) is 5.91 Å². The Hall–Kier alpha value is -2.94. The Labute approximate surface area is 171 Å². The van der Waals surface area contributed by atoms with Crippen molar-refractivity contribution in [2.24, 2.45) is 5.92 Å². The zero-order chi connectivity index (χ0) is 21.0. The summed E-state index contributed by atoms with van der Waals surface area (Å²) in [5.74, 6) is -1.08. The summed E-state index contributed by atoms with van der Waals surface area (Å²) in [6.07, 6.45) is 4.78. The van der Waals surface area contributed by atoms with Gasteiger partial charge >= 0.3 is 5.97 Å². The van der Waals surface area contributed by atoms with Gasteiger partial charge in [0.2, 0.25) is 0 Å². The maximum absolute atomic E-state index is 13.0. The van der Waals surface area contributed by atoms with Crippen LogP contribution >= 0.6 is 0 Å². The number of carbonyl (C=O) groups excluding carboxylic acids is 2. The molecule has 6 heteroatoms. The number of ether oxygens (including phenoxy) is 1. The molecule has 29 heavy (non-hydrogen) atoms. The SMILES string of the molecule is CC(C)[C@](C)(C#N)NC(=O)COC(=O)c1c2c(nc3ccccc13)CCCCC2. The number of esters is 1. The number of hydrogen-bond acceptors (Lipinski definition) is 5. The van der Waals surface area contributed by atoms with Gasteiger partial charge in [-0.05, 0) is 50.2 Å². The van der Waals surface area contributed by atoms with E-state index in [9.17, 15) is 14.9 Å². The van der Waals surface area contributed by atoms with Crippen molar-refractivity contribution in [1.82, 2.24) is 10.3 Å². The molecule has 0 spiro atoms. The third-order valence-electron chi connectivity index (χ3n) is 5.74. The minimum atomic E-state index is -1.01. The number of nitrogens with zero attached hydrogens (tertiary/aromatic N) is 2. The molecule has 1 aromatic carbocycles. The molecule has 1 aliphatic rings. The van der Waals surface area contributed by atoms with Gasteiger partial charge in [-0.3, -0.25) is 9.78 Å². The van der Waals surface area contributed by atoms with Gasteiger partial charge in [-0.1, -0.05) is 38.5 Å². The Morgan fingerprint density at radius 1 is 1.24 bits per heavy atom. The highest BCUT2D eigenvalue weighted by molar-refractivity contribution is 6.05. The molecule has 0 radical (unpaired) electrons. The molecule has 1 heterocycles. The van der Waals surface area contributed by atoms with Crippen LogP contribution in [0.3, 0.4) is 0 Å². The van der Waals surface area contributed by atoms with Crippen LogP contribution in [0.25, 0.3) is 10.9 Å². The van der Waals surface area contributed by atoms with Crippen LogP contribution in [0, 0.1) is 17.2 Å². The molecule has 0 saturated heterocycles. The fourth-order valence-electron chi connectivity index (χ4n) is 3.61. The number of fused-ring (bicyclic) bond motifs is 2. The molecule has 0 unspecified atom stereocenters. The molecule has 1 N–H and O–H groups in total. The number of aryl methyl sites for hydroxylation is 1. The lowest BCUT2D eigenvalue weighted by Crippen LogP contribution is -2.50. The smallest absolute Gasteiger partial charge is 0.339 e. The molecular weight excluding hydrogens is 366 g/mol. The number of rotatable bonds is 5. The summed E-state index contributed by atoms with van der Waals surface area (Å²) in [6, 6.07) is 9.66. The van der Waals surface area contributed by atoms with Crippen molar-refractivity contribution in [3.63, 3.8) is 0 Å². The summed E-state index contributed by atoms with van der Waals surface area (Å²) < 4.78 is 5.39. The maximum atomic E-state index is 13.0. The molecule has 1 aliphatic carbocycles. The van der Waals surface area contributed by atoms with E-state index in [2.05, 4.69) is 11.4 Å². The predicted molar refractivity (Wildman–Crippen MR) is 110 cm³/mol. The summed E-state index contributed by atoms with van der Waals surface area (Å²) in [5, 5.41) is 12.8. The number of nitriles is 1. The van der Waals surface area contributed by atoms with Crippen LogP contribution in [-0.4, -0.2) is 29.0 Å². The van der Waals surface area contributed by atoms with Crippen LogP contribution in [0.5, 0.6) is 0 Å². The second kappa shape index (κ2) is 8.60. The first-order valence-corrected chi connectivity index (χ1v) is 10.2. The number of amides is 1. The molecule has 6 nitrogen and oxygen atoms in total. The fraction of sp³-hybridized carbons (Fsp3) is 0.478. The normalized spacial score (nSPS) is 15.7. The van der Waals surface area contributed by atoms with Crippen molar-refractivity contribution >= 4 is 22.8 Å². The first-order chi connectivity index (χ1) is 13.9. The number of aromatic nitrogens is 1. The summed E-state index contributed by atoms with van der Waals surface area (Å²) in [6.45, 7) is 4.95. The molecule has 1 atom stereocenters. The highest BCUT2D eigenvalue weighted by Gasteiger charge is 2.30. The second-order valence-electron chi connectivity index (χ2n) is 8.08. The van der Waals surface area contributed by atoms with Gasteiger partial charge in [0, 0.05) is 11.1 Å². The molecule has 3 rings (SSSR count). The van der Waals surface area contributed by atoms with E-state index in [1.807, 2.05) is 38.1 Å². The highest BCUT2D eigenvalue weighted by Crippen LogP contribution is 2.29. The number of pyridine rings is 1. The maximum Gasteiger partial charge on any atom is 0.339 e. The van der Waals surface area contributed by atoms with Gasteiger partial charge in [0.1, 0.15) is 5.54 Å². The Kier molecular flexibility index (Phi) is 6.17. The minimum Gasteiger partial charge on any atom is -0.452 e. The van der Waals surface area contributed by atoms with E-state index in [1.54, 1.807) is 6.92 Å². The third-order valence-corrected chi connectivity index (χ3v) is 5.74. The second-order valence-corrected chi connectivity index (χ2v) is 8.08. The summed E-state index contributed by atoms with van der Waals surface area (Å²) in [4.78, 5) is 30.1. The lowest BCUT2D eigenvalue weighted by atomic mass is 9.90. The van der Waals surface area contributed by atoms with Gasteiger partial charge in [0.15, 0.2) is 6.61 Å². The van der Waals surface area contributed by atoms with Crippen LogP contribution in [0.15, 0.2) is 24.3 Å². The van der Waals surface area contributed by atoms with Gasteiger partial charge in [0.05, 0.1) is 17.1 Å². The van der Waals surface area contributed by atoms with Crippen LogP contribution < -0.4 is 5.32 Å². The average molecular weight is 393 g/mol. The first-order valence-electron chi connectivity index (χ1n) is 10.2. The van der Waals surface area contributed by atoms with E-state index in [-0.39, 0.29) is 5.92 Å². The Balaban J connectivity index is 1.85. The van der Waals surface area contributed by atoms with Crippen LogP contribution in [0.4, 0.5) is 0 Å². The van der Waals surface area contributed by atoms with Crippen LogP contribution in [0.1, 0.15) is 61.6 Å².